The van der Waals surface area contributed by atoms with Crippen molar-refractivity contribution in [3.8, 4) is 0 Å². The molecule has 2 aliphatic rings. The summed E-state index contributed by atoms with van der Waals surface area (Å²) in [5.41, 5.74) is 0.675. The number of likely N-dealkylation sites (tertiary alicyclic amines) is 1. The van der Waals surface area contributed by atoms with Gasteiger partial charge in [0.1, 0.15) is 29.9 Å². The fourth-order valence-electron chi connectivity index (χ4n) is 6.57. The Balaban J connectivity index is 1.48. The second-order valence-electron chi connectivity index (χ2n) is 13.8. The van der Waals surface area contributed by atoms with Crippen LogP contribution >= 0.6 is 0 Å². The van der Waals surface area contributed by atoms with Gasteiger partial charge in [0, 0.05) is 31.3 Å². The quantitative estimate of drug-likeness (QED) is 0.123. The molecule has 1 aromatic heterocycles. The summed E-state index contributed by atoms with van der Waals surface area (Å²) in [4.78, 5) is 102. The van der Waals surface area contributed by atoms with E-state index in [1.807, 2.05) is 12.2 Å². The highest BCUT2D eigenvalue weighted by Crippen LogP contribution is 2.39. The van der Waals surface area contributed by atoms with Gasteiger partial charge in [0.25, 0.3) is 11.8 Å². The Kier molecular flexibility index (Phi) is 13.3. The molecule has 5 N–H and O–H groups in total. The maximum Gasteiger partial charge on any atom is 0.326 e. The van der Waals surface area contributed by atoms with Gasteiger partial charge in [-0.1, -0.05) is 77.1 Å². The number of carbonyl (C=O) groups excluding carboxylic acids is 6. The first-order valence-corrected chi connectivity index (χ1v) is 17.5. The molecule has 4 rings (SSSR count). The lowest BCUT2D eigenvalue weighted by Crippen LogP contribution is -2.60. The summed E-state index contributed by atoms with van der Waals surface area (Å²) in [7, 11) is 0. The maximum absolute atomic E-state index is 14.3. The van der Waals surface area contributed by atoms with E-state index in [0.717, 1.165) is 0 Å². The Bertz CT molecular complexity index is 1670. The summed E-state index contributed by atoms with van der Waals surface area (Å²) >= 11 is 0. The van der Waals surface area contributed by atoms with Gasteiger partial charge < -0.3 is 31.3 Å². The van der Waals surface area contributed by atoms with Crippen molar-refractivity contribution in [2.75, 3.05) is 6.54 Å². The van der Waals surface area contributed by atoms with E-state index in [-0.39, 0.29) is 42.8 Å². The van der Waals surface area contributed by atoms with E-state index in [2.05, 4.69) is 31.2 Å². The van der Waals surface area contributed by atoms with Crippen LogP contribution in [0, 0.1) is 23.7 Å². The predicted molar refractivity (Wildman–Crippen MR) is 188 cm³/mol. The van der Waals surface area contributed by atoms with Crippen LogP contribution < -0.4 is 21.3 Å². The first kappa shape index (κ1) is 39.3. The minimum atomic E-state index is -1.38. The van der Waals surface area contributed by atoms with Gasteiger partial charge in [-0.25, -0.2) is 9.78 Å². The van der Waals surface area contributed by atoms with Crippen molar-refractivity contribution in [2.45, 2.75) is 84.1 Å². The van der Waals surface area contributed by atoms with Crippen LogP contribution in [-0.4, -0.2) is 98.0 Å². The second-order valence-corrected chi connectivity index (χ2v) is 13.8. The Morgan fingerprint density at radius 2 is 1.58 bits per heavy atom. The average Bonchev–Trinajstić information content (AvgIpc) is 3.73. The zero-order valence-electron chi connectivity index (χ0n) is 29.9. The Labute approximate surface area is 302 Å². The molecule has 1 fully saturated rings. The Morgan fingerprint density at radius 3 is 2.17 bits per heavy atom. The number of carbonyl (C=O) groups is 7. The Hall–Kier alpha value is -5.47. The second kappa shape index (κ2) is 17.6. The lowest BCUT2D eigenvalue weighted by atomic mass is 9.92. The fourth-order valence-corrected chi connectivity index (χ4v) is 6.57. The molecule has 2 heterocycles. The van der Waals surface area contributed by atoms with Gasteiger partial charge in [0.05, 0.1) is 12.2 Å². The van der Waals surface area contributed by atoms with Crippen LogP contribution in [0.5, 0.6) is 0 Å². The number of fused-ring (bicyclic) bond motifs is 1. The molecular weight excluding hydrogens is 670 g/mol. The molecule has 1 saturated heterocycles. The zero-order valence-corrected chi connectivity index (χ0v) is 29.9. The van der Waals surface area contributed by atoms with Crippen LogP contribution in [-0.2, 0) is 35.2 Å². The van der Waals surface area contributed by atoms with Crippen LogP contribution in [0.1, 0.15) is 63.5 Å². The molecule has 52 heavy (non-hydrogen) atoms. The first-order valence-electron chi connectivity index (χ1n) is 17.5. The average molecular weight is 718 g/mol. The molecule has 5 amide bonds. The normalized spacial score (nSPS) is 20.0. The highest BCUT2D eigenvalue weighted by Gasteiger charge is 2.50. The number of allylic oxidation sites excluding steroid dienone is 1. The van der Waals surface area contributed by atoms with Gasteiger partial charge in [-0.15, -0.1) is 0 Å². The highest BCUT2D eigenvalue weighted by molar-refractivity contribution is 6.38. The number of aliphatic carboxylic acids is 1. The standard InChI is InChI=1S/C37H47N7O8/c1-6-25(31(45)35(49)41-26(37(51)52)17-22-11-8-7-9-12-22)40-34(48)30-24-14-10-13-23(24)19-44(30)36(50)29(21(4)5)43-33(47)28(20(2)3)42-32(46)27-18-38-15-16-39-27/h7-13,15-16,18,20-21,23-26,28-30H,6,14,17,19H2,1-5H3,(H,40,48)(H,41,49)(H,42,46)(H,43,47)(H,51,52). The molecule has 1 aliphatic carbocycles. The van der Waals surface area contributed by atoms with Crippen LogP contribution in [0.25, 0.3) is 0 Å². The third-order valence-electron chi connectivity index (χ3n) is 9.46. The molecule has 0 radical (unpaired) electrons. The van der Waals surface area contributed by atoms with Crippen LogP contribution in [0.2, 0.25) is 0 Å². The van der Waals surface area contributed by atoms with Gasteiger partial charge in [-0.3, -0.25) is 33.8 Å². The smallest absolute Gasteiger partial charge is 0.326 e. The molecule has 15 heteroatoms. The lowest BCUT2D eigenvalue weighted by molar-refractivity contribution is -0.146. The number of Topliss-reactive ketones (excluding diaryl/α,β-unsaturated/α-hetero) is 1. The van der Waals surface area contributed by atoms with Gasteiger partial charge in [0.2, 0.25) is 23.5 Å². The highest BCUT2D eigenvalue weighted by atomic mass is 16.4. The van der Waals surface area contributed by atoms with Gasteiger partial charge in [0.15, 0.2) is 0 Å². The van der Waals surface area contributed by atoms with E-state index in [1.165, 1.54) is 23.5 Å². The van der Waals surface area contributed by atoms with Crippen LogP contribution in [0.4, 0.5) is 0 Å². The van der Waals surface area contributed by atoms with Crippen molar-refractivity contribution in [3.63, 3.8) is 0 Å². The summed E-state index contributed by atoms with van der Waals surface area (Å²) in [6.07, 6.45) is 8.40. The van der Waals surface area contributed by atoms with Crippen LogP contribution in [0.3, 0.4) is 0 Å². The molecule has 2 aromatic rings. The number of benzene rings is 1. The summed E-state index contributed by atoms with van der Waals surface area (Å²) < 4.78 is 0. The molecule has 15 nitrogen and oxygen atoms in total. The predicted octanol–water partition coefficient (Wildman–Crippen LogP) is 1.05. The monoisotopic (exact) mass is 717 g/mol. The largest absolute Gasteiger partial charge is 0.480 e. The fraction of sp³-hybridized carbons (Fsp3) is 0.486. The van der Waals surface area contributed by atoms with E-state index in [4.69, 9.17) is 0 Å². The molecule has 1 aliphatic heterocycles. The maximum atomic E-state index is 14.3. The molecular formula is C37H47N7O8. The topological polar surface area (TPSA) is 217 Å². The molecule has 278 valence electrons. The van der Waals surface area contributed by atoms with Gasteiger partial charge in [-0.2, -0.15) is 0 Å². The number of rotatable bonds is 16. The molecule has 7 unspecified atom stereocenters. The molecule has 0 spiro atoms. The van der Waals surface area contributed by atoms with Gasteiger partial charge >= 0.3 is 5.97 Å². The third-order valence-corrected chi connectivity index (χ3v) is 9.46. The van der Waals surface area contributed by atoms with E-state index in [9.17, 15) is 38.7 Å². The summed E-state index contributed by atoms with van der Waals surface area (Å²) in [5.74, 6) is -7.03. The molecule has 7 atom stereocenters. The Morgan fingerprint density at radius 1 is 0.885 bits per heavy atom. The molecule has 0 bridgehead atoms. The minimum Gasteiger partial charge on any atom is -0.480 e. The number of hydrogen-bond donors (Lipinski definition) is 5. The number of hydrogen-bond acceptors (Lipinski definition) is 9. The summed E-state index contributed by atoms with van der Waals surface area (Å²) in [5, 5.41) is 20.1. The SMILES string of the molecule is CCC(NC(=O)C1C2CC=CC2CN1C(=O)C(NC(=O)C(NC(=O)c1cnccn1)C(C)C)C(C)C)C(=O)C(=O)NC(Cc1ccccc1)C(=O)O. The van der Waals surface area contributed by atoms with Crippen molar-refractivity contribution in [3.05, 3.63) is 72.3 Å². The first-order chi connectivity index (χ1) is 24.7. The third kappa shape index (κ3) is 9.44. The number of ketones is 1. The number of carboxylic acid groups (broad SMARTS) is 1. The van der Waals surface area contributed by atoms with Crippen LogP contribution in [0.15, 0.2) is 61.1 Å². The minimum absolute atomic E-state index is 0.0261. The van der Waals surface area contributed by atoms with E-state index >= 15 is 0 Å². The van der Waals surface area contributed by atoms with Crippen molar-refractivity contribution >= 4 is 41.3 Å². The van der Waals surface area contributed by atoms with E-state index in [0.29, 0.717) is 12.0 Å². The number of amides is 5. The molecule has 0 saturated carbocycles. The lowest BCUT2D eigenvalue weighted by Gasteiger charge is -2.33. The number of aromatic nitrogens is 2. The number of nitrogens with one attached hydrogen (secondary N) is 4. The zero-order chi connectivity index (χ0) is 38.1. The van der Waals surface area contributed by atoms with Crippen molar-refractivity contribution < 1.29 is 38.7 Å². The van der Waals surface area contributed by atoms with E-state index in [1.54, 1.807) is 65.0 Å². The van der Waals surface area contributed by atoms with Crippen molar-refractivity contribution in [2.24, 2.45) is 23.7 Å². The van der Waals surface area contributed by atoms with Gasteiger partial charge in [-0.05, 0) is 36.2 Å². The number of nitrogens with zero attached hydrogens (tertiary/aromatic N) is 3. The van der Waals surface area contributed by atoms with Crippen molar-refractivity contribution in [1.29, 1.82) is 0 Å². The number of carboxylic acids is 1. The van der Waals surface area contributed by atoms with E-state index < -0.39 is 77.4 Å². The summed E-state index contributed by atoms with van der Waals surface area (Å²) in [6, 6.07) is 2.89. The van der Waals surface area contributed by atoms with Crippen molar-refractivity contribution in [1.82, 2.24) is 36.1 Å². The summed E-state index contributed by atoms with van der Waals surface area (Å²) in [6.45, 7) is 8.80. The molecule has 1 aromatic carbocycles.